The summed E-state index contributed by atoms with van der Waals surface area (Å²) in [5.74, 6) is -0.117. The van der Waals surface area contributed by atoms with Gasteiger partial charge in [-0.05, 0) is 33.6 Å². The lowest BCUT2D eigenvalue weighted by Gasteiger charge is -2.19. The van der Waals surface area contributed by atoms with E-state index in [4.69, 9.17) is 10.5 Å². The number of rotatable bonds is 7. The molecule has 0 aliphatic rings. The first-order valence-corrected chi connectivity index (χ1v) is 6.30. The molecule has 4 N–H and O–H groups in total. The zero-order chi connectivity index (χ0) is 16.5. The fourth-order valence-electron chi connectivity index (χ4n) is 1.26. The number of nitro groups is 1. The van der Waals surface area contributed by atoms with E-state index in [-0.39, 0.29) is 18.9 Å². The Balaban J connectivity index is 4.04. The molecule has 0 unspecified atom stereocenters. The molecule has 10 heteroatoms. The minimum Gasteiger partial charge on any atom is -0.444 e. The number of hydrogen-bond acceptors (Lipinski definition) is 6. The average Bonchev–Trinajstić information content (AvgIpc) is 2.29. The van der Waals surface area contributed by atoms with E-state index in [0.29, 0.717) is 12.7 Å². The highest BCUT2D eigenvalue weighted by molar-refractivity contribution is 5.92. The van der Waals surface area contributed by atoms with Crippen LogP contribution in [0.4, 0.5) is 4.79 Å². The number of amides is 1. The molecule has 10 nitrogen and oxygen atoms in total. The molecule has 0 aromatic rings. The minimum atomic E-state index is -0.879. The number of hydrazine groups is 1. The number of carbonyl (C=O) groups is 2. The summed E-state index contributed by atoms with van der Waals surface area (Å²) in [6.45, 7) is 5.34. The van der Waals surface area contributed by atoms with Crippen LogP contribution in [0.2, 0.25) is 0 Å². The standard InChI is InChI=1S/C11H21N5O5/c1-11(2,3)21-10(18)14-9(12)13-6-4-5-8(7-17)15-16(19)20/h7-8,15H,4-6H2,1-3H3,(H3,12,13,14,18)/t8-/m0/s1. The molecule has 21 heavy (non-hydrogen) atoms. The van der Waals surface area contributed by atoms with Gasteiger partial charge in [0.05, 0.1) is 0 Å². The number of nitrogens with one attached hydrogen (secondary N) is 2. The van der Waals surface area contributed by atoms with Crippen LogP contribution in [0.25, 0.3) is 0 Å². The highest BCUT2D eigenvalue weighted by Crippen LogP contribution is 2.06. The van der Waals surface area contributed by atoms with Gasteiger partial charge in [0.1, 0.15) is 17.9 Å². The van der Waals surface area contributed by atoms with Gasteiger partial charge in [-0.15, -0.1) is 5.43 Å². The summed E-state index contributed by atoms with van der Waals surface area (Å²) in [5, 5.41) is 11.6. The van der Waals surface area contributed by atoms with Crippen LogP contribution >= 0.6 is 0 Å². The van der Waals surface area contributed by atoms with Crippen LogP contribution in [-0.2, 0) is 9.53 Å². The molecule has 0 fully saturated rings. The second kappa shape index (κ2) is 8.72. The topological polar surface area (TPSA) is 149 Å². The Morgan fingerprint density at radius 2 is 2.14 bits per heavy atom. The molecule has 1 atom stereocenters. The van der Waals surface area contributed by atoms with Crippen molar-refractivity contribution >= 4 is 18.3 Å². The predicted molar refractivity (Wildman–Crippen MR) is 75.1 cm³/mol. The van der Waals surface area contributed by atoms with Crippen LogP contribution in [0.3, 0.4) is 0 Å². The molecule has 0 spiro atoms. The van der Waals surface area contributed by atoms with Crippen molar-refractivity contribution in [3.8, 4) is 0 Å². The third kappa shape index (κ3) is 11.2. The number of nitrogens with two attached hydrogens (primary N) is 1. The number of aliphatic imine (C=N–C) groups is 1. The Hall–Kier alpha value is -2.39. The molecular formula is C11H21N5O5. The number of hydrogen-bond donors (Lipinski definition) is 3. The molecule has 1 amide bonds. The summed E-state index contributed by atoms with van der Waals surface area (Å²) in [7, 11) is 0. The number of aldehydes is 1. The van der Waals surface area contributed by atoms with E-state index < -0.39 is 22.8 Å². The number of ether oxygens (including phenoxy) is 1. The largest absolute Gasteiger partial charge is 0.444 e. The van der Waals surface area contributed by atoms with Crippen molar-refractivity contribution in [1.29, 1.82) is 0 Å². The first-order chi connectivity index (χ1) is 9.64. The SMILES string of the molecule is CC(C)(C)OC(=O)NC(N)=NCCC[C@@H](C=O)N[N+](=O)[O-]. The Labute approximate surface area is 122 Å². The van der Waals surface area contributed by atoms with Gasteiger partial charge in [0.15, 0.2) is 11.0 Å². The number of alkyl carbamates (subject to hydrolysis) is 1. The smallest absolute Gasteiger partial charge is 0.414 e. The summed E-state index contributed by atoms with van der Waals surface area (Å²) in [4.78, 5) is 35.9. The van der Waals surface area contributed by atoms with E-state index >= 15 is 0 Å². The molecule has 0 aromatic heterocycles. The van der Waals surface area contributed by atoms with Crippen LogP contribution < -0.4 is 16.5 Å². The van der Waals surface area contributed by atoms with Gasteiger partial charge in [-0.25, -0.2) is 14.9 Å². The first-order valence-electron chi connectivity index (χ1n) is 6.30. The van der Waals surface area contributed by atoms with Crippen molar-refractivity contribution < 1.29 is 19.4 Å². The van der Waals surface area contributed by atoms with E-state index in [9.17, 15) is 19.7 Å². The highest BCUT2D eigenvalue weighted by atomic mass is 16.7. The van der Waals surface area contributed by atoms with Gasteiger partial charge in [0, 0.05) is 6.54 Å². The zero-order valence-corrected chi connectivity index (χ0v) is 12.3. The van der Waals surface area contributed by atoms with E-state index in [0.717, 1.165) is 0 Å². The maximum atomic E-state index is 11.4. The van der Waals surface area contributed by atoms with Crippen LogP contribution in [0, 0.1) is 10.1 Å². The molecule has 0 rings (SSSR count). The number of nitrogens with zero attached hydrogens (tertiary/aromatic N) is 2. The minimum absolute atomic E-state index is 0.117. The lowest BCUT2D eigenvalue weighted by Crippen LogP contribution is -2.40. The Kier molecular flexibility index (Phi) is 7.72. The highest BCUT2D eigenvalue weighted by Gasteiger charge is 2.16. The number of carbonyl (C=O) groups excluding carboxylic acids is 2. The second-order valence-electron chi connectivity index (χ2n) is 5.16. The summed E-state index contributed by atoms with van der Waals surface area (Å²) in [6.07, 6.45) is 0.355. The average molecular weight is 303 g/mol. The predicted octanol–water partition coefficient (Wildman–Crippen LogP) is -0.0452. The molecule has 0 aliphatic carbocycles. The fraction of sp³-hybridized carbons (Fsp3) is 0.727. The molecule has 0 aromatic carbocycles. The molecule has 0 bridgehead atoms. The van der Waals surface area contributed by atoms with Gasteiger partial charge in [-0.3, -0.25) is 10.3 Å². The summed E-state index contributed by atoms with van der Waals surface area (Å²) < 4.78 is 4.97. The summed E-state index contributed by atoms with van der Waals surface area (Å²) in [5.41, 5.74) is 6.69. The van der Waals surface area contributed by atoms with E-state index in [2.05, 4.69) is 10.3 Å². The fourth-order valence-corrected chi connectivity index (χ4v) is 1.26. The zero-order valence-electron chi connectivity index (χ0n) is 12.3. The third-order valence-corrected chi connectivity index (χ3v) is 2.02. The molecule has 120 valence electrons. The van der Waals surface area contributed by atoms with Crippen molar-refractivity contribution in [2.75, 3.05) is 6.54 Å². The molecule has 0 saturated carbocycles. The quantitative estimate of drug-likeness (QED) is 0.149. The Morgan fingerprint density at radius 1 is 1.52 bits per heavy atom. The normalized spacial score (nSPS) is 13.2. The molecule has 0 radical (unpaired) electrons. The van der Waals surface area contributed by atoms with Crippen molar-refractivity contribution in [2.24, 2.45) is 10.7 Å². The van der Waals surface area contributed by atoms with Gasteiger partial charge in [-0.2, -0.15) is 0 Å². The third-order valence-electron chi connectivity index (χ3n) is 2.02. The van der Waals surface area contributed by atoms with E-state index in [1.807, 2.05) is 5.43 Å². The van der Waals surface area contributed by atoms with Gasteiger partial charge in [0.2, 0.25) is 0 Å². The van der Waals surface area contributed by atoms with Crippen molar-refractivity contribution in [2.45, 2.75) is 45.3 Å². The molecule has 0 aliphatic heterocycles. The second-order valence-corrected chi connectivity index (χ2v) is 5.16. The van der Waals surface area contributed by atoms with Crippen LogP contribution in [-0.4, -0.2) is 41.6 Å². The van der Waals surface area contributed by atoms with Crippen molar-refractivity contribution in [3.05, 3.63) is 10.1 Å². The summed E-state index contributed by atoms with van der Waals surface area (Å²) in [6, 6.07) is -0.879. The monoisotopic (exact) mass is 303 g/mol. The number of guanidine groups is 1. The summed E-state index contributed by atoms with van der Waals surface area (Å²) >= 11 is 0. The van der Waals surface area contributed by atoms with Crippen LogP contribution in [0.5, 0.6) is 0 Å². The van der Waals surface area contributed by atoms with E-state index in [1.54, 1.807) is 20.8 Å². The van der Waals surface area contributed by atoms with Gasteiger partial charge in [0.25, 0.3) is 0 Å². The van der Waals surface area contributed by atoms with Crippen molar-refractivity contribution in [1.82, 2.24) is 10.7 Å². The van der Waals surface area contributed by atoms with Crippen LogP contribution in [0.15, 0.2) is 4.99 Å². The molecule has 0 heterocycles. The van der Waals surface area contributed by atoms with Crippen molar-refractivity contribution in [3.63, 3.8) is 0 Å². The Bertz CT molecular complexity index is 404. The van der Waals surface area contributed by atoms with Crippen LogP contribution in [0.1, 0.15) is 33.6 Å². The first kappa shape index (κ1) is 18.6. The van der Waals surface area contributed by atoms with E-state index in [1.165, 1.54) is 0 Å². The van der Waals surface area contributed by atoms with Gasteiger partial charge >= 0.3 is 6.09 Å². The van der Waals surface area contributed by atoms with Gasteiger partial charge < -0.3 is 15.3 Å². The Morgan fingerprint density at radius 3 is 2.62 bits per heavy atom. The molecule has 0 saturated heterocycles. The maximum absolute atomic E-state index is 11.4. The lowest BCUT2D eigenvalue weighted by atomic mass is 10.2. The molecular weight excluding hydrogens is 282 g/mol. The van der Waals surface area contributed by atoms with Gasteiger partial charge in [-0.1, -0.05) is 0 Å². The maximum Gasteiger partial charge on any atom is 0.414 e. The lowest BCUT2D eigenvalue weighted by molar-refractivity contribution is -0.548.